The number of hydrogen-bond acceptors (Lipinski definition) is 2. The van der Waals surface area contributed by atoms with Crippen LogP contribution in [0, 0.1) is 12.8 Å². The molecule has 0 radical (unpaired) electrons. The summed E-state index contributed by atoms with van der Waals surface area (Å²) in [7, 11) is 2.26. The van der Waals surface area contributed by atoms with E-state index in [0.29, 0.717) is 0 Å². The van der Waals surface area contributed by atoms with E-state index in [9.17, 15) is 0 Å². The third-order valence-electron chi connectivity index (χ3n) is 4.73. The van der Waals surface area contributed by atoms with Crippen LogP contribution in [0.1, 0.15) is 50.2 Å². The van der Waals surface area contributed by atoms with Gasteiger partial charge in [-0.3, -0.25) is 0 Å². The van der Waals surface area contributed by atoms with E-state index >= 15 is 0 Å². The Bertz CT molecular complexity index is 416. The number of benzene rings is 1. The minimum absolute atomic E-state index is 0.775. The Morgan fingerprint density at radius 2 is 2.14 bits per heavy atom. The molecule has 1 saturated carbocycles. The van der Waals surface area contributed by atoms with Gasteiger partial charge in [0.05, 0.1) is 0 Å². The SMILES string of the molecule is CCCNC1CCCC1CCN(C)Cc1cccc(C)c1. The smallest absolute Gasteiger partial charge is 0.0230 e. The predicted molar refractivity (Wildman–Crippen MR) is 91.6 cm³/mol. The highest BCUT2D eigenvalue weighted by molar-refractivity contribution is 5.21. The molecule has 0 heterocycles. The van der Waals surface area contributed by atoms with Gasteiger partial charge in [0.1, 0.15) is 0 Å². The van der Waals surface area contributed by atoms with Crippen LogP contribution in [0.5, 0.6) is 0 Å². The van der Waals surface area contributed by atoms with Crippen molar-refractivity contribution in [2.24, 2.45) is 5.92 Å². The maximum atomic E-state index is 3.74. The molecule has 0 aromatic heterocycles. The summed E-state index contributed by atoms with van der Waals surface area (Å²) in [5.74, 6) is 0.886. The Kier molecular flexibility index (Phi) is 6.72. The van der Waals surface area contributed by atoms with Gasteiger partial charge in [-0.05, 0) is 64.2 Å². The standard InChI is InChI=1S/C19H32N2/c1-4-12-20-19-10-6-9-18(19)11-13-21(3)15-17-8-5-7-16(2)14-17/h5,7-8,14,18-20H,4,6,9-13,15H2,1-3H3. The molecule has 21 heavy (non-hydrogen) atoms. The fourth-order valence-electron chi connectivity index (χ4n) is 3.57. The maximum absolute atomic E-state index is 3.74. The van der Waals surface area contributed by atoms with Crippen molar-refractivity contribution in [2.75, 3.05) is 20.1 Å². The van der Waals surface area contributed by atoms with Crippen molar-refractivity contribution < 1.29 is 0 Å². The van der Waals surface area contributed by atoms with E-state index in [1.54, 1.807) is 0 Å². The average molecular weight is 288 g/mol. The predicted octanol–water partition coefficient (Wildman–Crippen LogP) is 3.99. The molecule has 0 amide bonds. The summed E-state index contributed by atoms with van der Waals surface area (Å²) in [4.78, 5) is 2.48. The number of nitrogens with one attached hydrogen (secondary N) is 1. The number of nitrogens with zero attached hydrogens (tertiary/aromatic N) is 1. The van der Waals surface area contributed by atoms with E-state index in [-0.39, 0.29) is 0 Å². The van der Waals surface area contributed by atoms with Gasteiger partial charge in [0.2, 0.25) is 0 Å². The van der Waals surface area contributed by atoms with Gasteiger partial charge in [0.15, 0.2) is 0 Å². The zero-order valence-electron chi connectivity index (χ0n) is 14.1. The second kappa shape index (κ2) is 8.55. The van der Waals surface area contributed by atoms with Gasteiger partial charge >= 0.3 is 0 Å². The summed E-state index contributed by atoms with van der Waals surface area (Å²) in [5, 5.41) is 3.74. The molecule has 2 unspecified atom stereocenters. The lowest BCUT2D eigenvalue weighted by atomic mass is 9.99. The molecule has 1 aromatic carbocycles. The fourth-order valence-corrected chi connectivity index (χ4v) is 3.57. The van der Waals surface area contributed by atoms with Crippen molar-refractivity contribution in [3.63, 3.8) is 0 Å². The Balaban J connectivity index is 1.74. The Hall–Kier alpha value is -0.860. The van der Waals surface area contributed by atoms with Gasteiger partial charge in [-0.2, -0.15) is 0 Å². The summed E-state index contributed by atoms with van der Waals surface area (Å²) in [6.45, 7) is 7.89. The fraction of sp³-hybridized carbons (Fsp3) is 0.684. The Morgan fingerprint density at radius 3 is 2.90 bits per heavy atom. The van der Waals surface area contributed by atoms with Gasteiger partial charge in [-0.25, -0.2) is 0 Å². The van der Waals surface area contributed by atoms with Crippen molar-refractivity contribution in [1.29, 1.82) is 0 Å². The first-order valence-corrected chi connectivity index (χ1v) is 8.66. The first-order valence-electron chi connectivity index (χ1n) is 8.66. The molecule has 0 aliphatic heterocycles. The number of hydrogen-bond donors (Lipinski definition) is 1. The molecule has 2 nitrogen and oxygen atoms in total. The molecule has 1 aliphatic carbocycles. The first-order chi connectivity index (χ1) is 10.2. The molecule has 0 saturated heterocycles. The van der Waals surface area contributed by atoms with Crippen molar-refractivity contribution in [3.05, 3.63) is 35.4 Å². The largest absolute Gasteiger partial charge is 0.314 e. The summed E-state index contributed by atoms with van der Waals surface area (Å²) < 4.78 is 0. The van der Waals surface area contributed by atoms with Crippen molar-refractivity contribution >= 4 is 0 Å². The van der Waals surface area contributed by atoms with E-state index in [2.05, 4.69) is 55.4 Å². The van der Waals surface area contributed by atoms with Gasteiger partial charge in [0.25, 0.3) is 0 Å². The van der Waals surface area contributed by atoms with Crippen LogP contribution >= 0.6 is 0 Å². The minimum Gasteiger partial charge on any atom is -0.314 e. The summed E-state index contributed by atoms with van der Waals surface area (Å²) in [6.07, 6.45) is 6.79. The van der Waals surface area contributed by atoms with E-state index in [1.165, 1.54) is 56.3 Å². The Labute approximate surface area is 130 Å². The molecular weight excluding hydrogens is 256 g/mol. The lowest BCUT2D eigenvalue weighted by Gasteiger charge is -2.24. The molecular formula is C19H32N2. The number of rotatable bonds is 8. The zero-order chi connectivity index (χ0) is 15.1. The first kappa shape index (κ1) is 16.5. The quantitative estimate of drug-likeness (QED) is 0.778. The van der Waals surface area contributed by atoms with E-state index in [1.807, 2.05) is 0 Å². The Morgan fingerprint density at radius 1 is 1.29 bits per heavy atom. The summed E-state index contributed by atoms with van der Waals surface area (Å²) in [5.41, 5.74) is 2.80. The molecule has 0 spiro atoms. The van der Waals surface area contributed by atoms with Crippen LogP contribution in [0.4, 0.5) is 0 Å². The van der Waals surface area contributed by atoms with Gasteiger partial charge < -0.3 is 10.2 Å². The highest BCUT2D eigenvalue weighted by atomic mass is 15.1. The van der Waals surface area contributed by atoms with Crippen LogP contribution in [-0.4, -0.2) is 31.1 Å². The van der Waals surface area contributed by atoms with Crippen LogP contribution in [0.2, 0.25) is 0 Å². The summed E-state index contributed by atoms with van der Waals surface area (Å²) >= 11 is 0. The second-order valence-electron chi connectivity index (χ2n) is 6.77. The molecule has 2 atom stereocenters. The molecule has 1 aliphatic rings. The lowest BCUT2D eigenvalue weighted by Crippen LogP contribution is -2.34. The van der Waals surface area contributed by atoms with Crippen LogP contribution < -0.4 is 5.32 Å². The maximum Gasteiger partial charge on any atom is 0.0230 e. The normalized spacial score (nSPS) is 22.1. The highest BCUT2D eigenvalue weighted by Crippen LogP contribution is 2.28. The molecule has 1 aromatic rings. The van der Waals surface area contributed by atoms with Crippen LogP contribution in [0.15, 0.2) is 24.3 Å². The van der Waals surface area contributed by atoms with Crippen molar-refractivity contribution in [2.45, 2.75) is 58.5 Å². The molecule has 1 fully saturated rings. The third kappa shape index (κ3) is 5.44. The van der Waals surface area contributed by atoms with Gasteiger partial charge in [-0.1, -0.05) is 43.2 Å². The zero-order valence-corrected chi connectivity index (χ0v) is 14.1. The van der Waals surface area contributed by atoms with E-state index in [4.69, 9.17) is 0 Å². The van der Waals surface area contributed by atoms with E-state index < -0.39 is 0 Å². The van der Waals surface area contributed by atoms with E-state index in [0.717, 1.165) is 18.5 Å². The van der Waals surface area contributed by atoms with Crippen LogP contribution in [0.3, 0.4) is 0 Å². The van der Waals surface area contributed by atoms with Crippen LogP contribution in [0.25, 0.3) is 0 Å². The lowest BCUT2D eigenvalue weighted by molar-refractivity contribution is 0.275. The van der Waals surface area contributed by atoms with Gasteiger partial charge in [0, 0.05) is 12.6 Å². The summed E-state index contributed by atoms with van der Waals surface area (Å²) in [6, 6.07) is 9.66. The third-order valence-corrected chi connectivity index (χ3v) is 4.73. The average Bonchev–Trinajstić information content (AvgIpc) is 2.90. The second-order valence-corrected chi connectivity index (χ2v) is 6.77. The molecule has 2 heteroatoms. The highest BCUT2D eigenvalue weighted by Gasteiger charge is 2.26. The monoisotopic (exact) mass is 288 g/mol. The van der Waals surface area contributed by atoms with Crippen molar-refractivity contribution in [1.82, 2.24) is 10.2 Å². The van der Waals surface area contributed by atoms with Crippen molar-refractivity contribution in [3.8, 4) is 0 Å². The van der Waals surface area contributed by atoms with Gasteiger partial charge in [-0.15, -0.1) is 0 Å². The van der Waals surface area contributed by atoms with Crippen LogP contribution in [-0.2, 0) is 6.54 Å². The topological polar surface area (TPSA) is 15.3 Å². The molecule has 118 valence electrons. The number of aryl methyl sites for hydroxylation is 1. The molecule has 0 bridgehead atoms. The molecule has 2 rings (SSSR count). The molecule has 1 N–H and O–H groups in total. The minimum atomic E-state index is 0.775.